The highest BCUT2D eigenvalue weighted by molar-refractivity contribution is 7.99. The number of thioether (sulfide) groups is 1. The average molecular weight is 439 g/mol. The van der Waals surface area contributed by atoms with Crippen molar-refractivity contribution in [2.45, 2.75) is 11.7 Å². The summed E-state index contributed by atoms with van der Waals surface area (Å²) in [6, 6.07) is 13.8. The molecule has 0 atom stereocenters. The first-order chi connectivity index (χ1) is 14.9. The Bertz CT molecular complexity index is 1090. The minimum atomic E-state index is -0.505. The fraction of sp³-hybridized carbons (Fsp3) is 0.190. The van der Waals surface area contributed by atoms with Crippen LogP contribution in [0.25, 0.3) is 11.4 Å². The SMILES string of the molecule is C=CCn1c(SCC(=O)Nc2cccc([N+](=O)[O-])c2)nnc1-c1ccc(N(C)C)cc1. The van der Waals surface area contributed by atoms with Crippen LogP contribution in [-0.4, -0.2) is 45.4 Å². The second-order valence-corrected chi connectivity index (χ2v) is 7.73. The number of aromatic nitrogens is 3. The van der Waals surface area contributed by atoms with Gasteiger partial charge in [-0.3, -0.25) is 19.5 Å². The summed E-state index contributed by atoms with van der Waals surface area (Å²) in [5.41, 5.74) is 2.27. The molecule has 0 aliphatic rings. The molecule has 0 saturated carbocycles. The zero-order chi connectivity index (χ0) is 22.4. The van der Waals surface area contributed by atoms with E-state index in [0.717, 1.165) is 11.3 Å². The van der Waals surface area contributed by atoms with Gasteiger partial charge in [0.05, 0.1) is 10.7 Å². The minimum absolute atomic E-state index is 0.0809. The van der Waals surface area contributed by atoms with Gasteiger partial charge < -0.3 is 10.2 Å². The normalized spacial score (nSPS) is 10.5. The van der Waals surface area contributed by atoms with E-state index in [4.69, 9.17) is 0 Å². The van der Waals surface area contributed by atoms with Crippen LogP contribution in [0, 0.1) is 10.1 Å². The maximum atomic E-state index is 12.3. The second kappa shape index (κ2) is 9.90. The monoisotopic (exact) mass is 438 g/mol. The van der Waals surface area contributed by atoms with Gasteiger partial charge in [0.25, 0.3) is 5.69 Å². The lowest BCUT2D eigenvalue weighted by molar-refractivity contribution is -0.384. The number of amides is 1. The Labute approximate surface area is 183 Å². The molecule has 1 amide bonds. The van der Waals surface area contributed by atoms with Crippen LogP contribution in [0.1, 0.15) is 0 Å². The summed E-state index contributed by atoms with van der Waals surface area (Å²) in [4.78, 5) is 24.7. The number of non-ortho nitro benzene ring substituents is 1. The molecule has 9 nitrogen and oxygen atoms in total. The Hall–Kier alpha value is -3.66. The highest BCUT2D eigenvalue weighted by Crippen LogP contribution is 2.26. The highest BCUT2D eigenvalue weighted by Gasteiger charge is 2.16. The molecule has 0 radical (unpaired) electrons. The summed E-state index contributed by atoms with van der Waals surface area (Å²) in [6.07, 6.45) is 1.74. The zero-order valence-electron chi connectivity index (χ0n) is 17.2. The van der Waals surface area contributed by atoms with Gasteiger partial charge in [-0.1, -0.05) is 23.9 Å². The molecular formula is C21H22N6O3S. The first kappa shape index (κ1) is 22.0. The maximum absolute atomic E-state index is 12.3. The van der Waals surface area contributed by atoms with Gasteiger partial charge in [-0.25, -0.2) is 0 Å². The quantitative estimate of drug-likeness (QED) is 0.234. The Morgan fingerprint density at radius 3 is 2.65 bits per heavy atom. The van der Waals surface area contributed by atoms with Crippen molar-refractivity contribution in [1.29, 1.82) is 0 Å². The lowest BCUT2D eigenvalue weighted by atomic mass is 10.2. The average Bonchev–Trinajstić information content (AvgIpc) is 3.15. The van der Waals surface area contributed by atoms with Crippen LogP contribution in [-0.2, 0) is 11.3 Å². The number of allylic oxidation sites excluding steroid dienone is 1. The molecule has 3 aromatic rings. The van der Waals surface area contributed by atoms with Gasteiger partial charge in [-0.15, -0.1) is 16.8 Å². The number of nitrogens with zero attached hydrogens (tertiary/aromatic N) is 5. The van der Waals surface area contributed by atoms with Crippen LogP contribution in [0.2, 0.25) is 0 Å². The molecule has 0 saturated heterocycles. The van der Waals surface area contributed by atoms with Gasteiger partial charge in [0.2, 0.25) is 5.91 Å². The third-order valence-electron chi connectivity index (χ3n) is 4.34. The Balaban J connectivity index is 1.71. The van der Waals surface area contributed by atoms with E-state index < -0.39 is 4.92 Å². The third kappa shape index (κ3) is 5.48. The highest BCUT2D eigenvalue weighted by atomic mass is 32.2. The smallest absolute Gasteiger partial charge is 0.271 e. The molecule has 160 valence electrons. The minimum Gasteiger partial charge on any atom is -0.378 e. The van der Waals surface area contributed by atoms with Crippen LogP contribution < -0.4 is 10.2 Å². The van der Waals surface area contributed by atoms with Crippen LogP contribution in [0.15, 0.2) is 66.3 Å². The molecule has 0 aliphatic carbocycles. The number of hydrogen-bond acceptors (Lipinski definition) is 7. The molecule has 0 unspecified atom stereocenters. The molecule has 10 heteroatoms. The molecule has 2 aromatic carbocycles. The lowest BCUT2D eigenvalue weighted by Crippen LogP contribution is -2.14. The van der Waals surface area contributed by atoms with E-state index >= 15 is 0 Å². The lowest BCUT2D eigenvalue weighted by Gasteiger charge is -2.13. The molecule has 0 spiro atoms. The fourth-order valence-corrected chi connectivity index (χ4v) is 3.58. The van der Waals surface area contributed by atoms with Crippen molar-refractivity contribution in [1.82, 2.24) is 14.8 Å². The summed E-state index contributed by atoms with van der Waals surface area (Å²) < 4.78 is 1.89. The van der Waals surface area contributed by atoms with Gasteiger partial charge in [-0.2, -0.15) is 0 Å². The van der Waals surface area contributed by atoms with Crippen LogP contribution in [0.4, 0.5) is 17.1 Å². The van der Waals surface area contributed by atoms with Gasteiger partial charge in [0, 0.05) is 49.7 Å². The van der Waals surface area contributed by atoms with E-state index in [-0.39, 0.29) is 17.3 Å². The molecule has 1 N–H and O–H groups in total. The predicted molar refractivity (Wildman–Crippen MR) is 122 cm³/mol. The number of anilines is 2. The molecule has 1 aromatic heterocycles. The van der Waals surface area contributed by atoms with Crippen molar-refractivity contribution < 1.29 is 9.72 Å². The van der Waals surface area contributed by atoms with Crippen molar-refractivity contribution in [3.05, 3.63) is 71.3 Å². The van der Waals surface area contributed by atoms with Crippen molar-refractivity contribution >= 4 is 34.7 Å². The number of carbonyl (C=O) groups is 1. The maximum Gasteiger partial charge on any atom is 0.271 e. The van der Waals surface area contributed by atoms with Gasteiger partial charge in [0.15, 0.2) is 11.0 Å². The van der Waals surface area contributed by atoms with Crippen LogP contribution >= 0.6 is 11.8 Å². The number of nitro groups is 1. The molecule has 0 bridgehead atoms. The first-order valence-electron chi connectivity index (χ1n) is 9.38. The first-order valence-corrected chi connectivity index (χ1v) is 10.4. The topological polar surface area (TPSA) is 106 Å². The molecule has 3 rings (SSSR count). The number of rotatable bonds is 9. The molecule has 0 fully saturated rings. The predicted octanol–water partition coefficient (Wildman–Crippen LogP) is 3.84. The third-order valence-corrected chi connectivity index (χ3v) is 5.31. The fourth-order valence-electron chi connectivity index (χ4n) is 2.84. The number of nitro benzene ring substituents is 1. The second-order valence-electron chi connectivity index (χ2n) is 6.79. The van der Waals surface area contributed by atoms with Gasteiger partial charge >= 0.3 is 0 Å². The number of nitrogens with one attached hydrogen (secondary N) is 1. The zero-order valence-corrected chi connectivity index (χ0v) is 18.0. The van der Waals surface area contributed by atoms with Gasteiger partial charge in [0.1, 0.15) is 0 Å². The molecule has 31 heavy (non-hydrogen) atoms. The molecule has 0 aliphatic heterocycles. The Kier molecular flexibility index (Phi) is 7.03. The number of benzene rings is 2. The van der Waals surface area contributed by atoms with Crippen LogP contribution in [0.3, 0.4) is 0 Å². The number of carbonyl (C=O) groups excluding carboxylic acids is 1. The van der Waals surface area contributed by atoms with E-state index in [1.165, 1.54) is 30.0 Å². The number of hydrogen-bond donors (Lipinski definition) is 1. The molecule has 1 heterocycles. The van der Waals surface area contributed by atoms with E-state index in [0.29, 0.717) is 23.2 Å². The standard InChI is InChI=1S/C21H22N6O3S/c1-4-12-26-20(15-8-10-17(11-9-15)25(2)3)23-24-21(26)31-14-19(28)22-16-6-5-7-18(13-16)27(29)30/h4-11,13H,1,12,14H2,2-3H3,(H,22,28). The van der Waals surface area contributed by atoms with Crippen molar-refractivity contribution in [2.24, 2.45) is 0 Å². The van der Waals surface area contributed by atoms with Crippen molar-refractivity contribution in [2.75, 3.05) is 30.1 Å². The van der Waals surface area contributed by atoms with E-state index in [1.54, 1.807) is 12.1 Å². The Morgan fingerprint density at radius 2 is 2.00 bits per heavy atom. The largest absolute Gasteiger partial charge is 0.378 e. The van der Waals surface area contributed by atoms with Crippen LogP contribution in [0.5, 0.6) is 0 Å². The molecular weight excluding hydrogens is 416 g/mol. The summed E-state index contributed by atoms with van der Waals surface area (Å²) in [7, 11) is 3.95. The Morgan fingerprint density at radius 1 is 1.26 bits per heavy atom. The summed E-state index contributed by atoms with van der Waals surface area (Å²) in [6.45, 7) is 4.29. The van der Waals surface area contributed by atoms with E-state index in [1.807, 2.05) is 47.8 Å². The summed E-state index contributed by atoms with van der Waals surface area (Å²) in [5.74, 6) is 0.472. The van der Waals surface area contributed by atoms with Gasteiger partial charge in [-0.05, 0) is 30.3 Å². The van der Waals surface area contributed by atoms with Crippen molar-refractivity contribution in [3.63, 3.8) is 0 Å². The van der Waals surface area contributed by atoms with Crippen molar-refractivity contribution in [3.8, 4) is 11.4 Å². The summed E-state index contributed by atoms with van der Waals surface area (Å²) >= 11 is 1.24. The summed E-state index contributed by atoms with van der Waals surface area (Å²) in [5, 5.41) is 22.7. The van der Waals surface area contributed by atoms with E-state index in [2.05, 4.69) is 22.1 Å². The van der Waals surface area contributed by atoms with E-state index in [9.17, 15) is 14.9 Å².